The summed E-state index contributed by atoms with van der Waals surface area (Å²) in [6, 6.07) is 8.62. The van der Waals surface area contributed by atoms with Gasteiger partial charge >= 0.3 is 16.2 Å². The van der Waals surface area contributed by atoms with Crippen molar-refractivity contribution in [2.45, 2.75) is 56.8 Å². The lowest BCUT2D eigenvalue weighted by Gasteiger charge is -2.40. The Morgan fingerprint density at radius 1 is 0.793 bits per heavy atom. The van der Waals surface area contributed by atoms with Gasteiger partial charge in [0.25, 0.3) is 0 Å². The summed E-state index contributed by atoms with van der Waals surface area (Å²) < 4.78 is 68.5. The minimum absolute atomic E-state index is 0.216. The number of esters is 1. The van der Waals surface area contributed by atoms with E-state index in [-0.39, 0.29) is 23.4 Å². The van der Waals surface area contributed by atoms with E-state index in [1.807, 2.05) is 0 Å². The summed E-state index contributed by atoms with van der Waals surface area (Å²) in [6.07, 6.45) is 8.02. The maximum atomic E-state index is 12.7. The normalized spacial score (nSPS) is 14.1. The average Bonchev–Trinajstić information content (AvgIpc) is 2.63. The SMILES string of the molecule is CCCCCCCCc1ccc(C(=O)Oc2ccc(S(F)(F)(F)(F)F)cc2)cc1. The molecule has 0 aliphatic heterocycles. The van der Waals surface area contributed by atoms with Gasteiger partial charge in [-0.05, 0) is 54.8 Å². The van der Waals surface area contributed by atoms with Gasteiger partial charge in [0.1, 0.15) is 10.6 Å². The highest BCUT2D eigenvalue weighted by Crippen LogP contribution is 3.02. The van der Waals surface area contributed by atoms with Crippen molar-refractivity contribution in [2.75, 3.05) is 0 Å². The first-order valence-corrected chi connectivity index (χ1v) is 11.5. The van der Waals surface area contributed by atoms with Crippen LogP contribution < -0.4 is 4.74 Å². The van der Waals surface area contributed by atoms with E-state index in [1.165, 1.54) is 25.7 Å². The number of aryl methyl sites for hydroxylation is 1. The summed E-state index contributed by atoms with van der Waals surface area (Å²) in [6.45, 7) is 2.17. The van der Waals surface area contributed by atoms with Crippen molar-refractivity contribution in [3.63, 3.8) is 0 Å². The summed E-state index contributed by atoms with van der Waals surface area (Å²) in [5.74, 6) is -1.01. The van der Waals surface area contributed by atoms with Gasteiger partial charge in [-0.15, -0.1) is 0 Å². The van der Waals surface area contributed by atoms with Crippen molar-refractivity contribution in [1.29, 1.82) is 0 Å². The van der Waals surface area contributed by atoms with Crippen LogP contribution >= 0.6 is 10.2 Å². The Morgan fingerprint density at radius 2 is 1.34 bits per heavy atom. The molecule has 2 rings (SSSR count). The monoisotopic (exact) mass is 436 g/mol. The highest BCUT2D eigenvalue weighted by molar-refractivity contribution is 8.45. The largest absolute Gasteiger partial charge is 0.423 e. The van der Waals surface area contributed by atoms with E-state index in [4.69, 9.17) is 4.74 Å². The van der Waals surface area contributed by atoms with Crippen LogP contribution in [-0.2, 0) is 6.42 Å². The molecule has 0 atom stereocenters. The predicted molar refractivity (Wildman–Crippen MR) is 106 cm³/mol. The molecule has 0 heterocycles. The summed E-state index contributed by atoms with van der Waals surface area (Å²) in [4.78, 5) is 10.1. The lowest BCUT2D eigenvalue weighted by molar-refractivity contribution is 0.0734. The van der Waals surface area contributed by atoms with Crippen LogP contribution in [0.1, 0.15) is 61.4 Å². The van der Waals surface area contributed by atoms with Crippen LogP contribution in [0.5, 0.6) is 5.75 Å². The first kappa shape index (κ1) is 23.2. The second kappa shape index (κ2) is 8.34. The third-order valence-corrected chi connectivity index (χ3v) is 5.65. The smallest absolute Gasteiger partial charge is 0.343 e. The number of carbonyl (C=O) groups is 1. The average molecular weight is 436 g/mol. The number of hydrogen-bond donors (Lipinski definition) is 0. The fourth-order valence-electron chi connectivity index (χ4n) is 2.85. The number of ether oxygens (including phenoxy) is 1. The molecule has 0 saturated carbocycles. The lowest BCUT2D eigenvalue weighted by atomic mass is 10.0. The zero-order valence-electron chi connectivity index (χ0n) is 16.2. The molecule has 0 spiro atoms. The molecule has 8 heteroatoms. The summed E-state index contributed by atoms with van der Waals surface area (Å²) >= 11 is 0. The van der Waals surface area contributed by atoms with Crippen molar-refractivity contribution in [3.05, 3.63) is 59.7 Å². The molecule has 0 N–H and O–H groups in total. The van der Waals surface area contributed by atoms with E-state index < -0.39 is 21.1 Å². The van der Waals surface area contributed by atoms with E-state index >= 15 is 0 Å². The Labute approximate surface area is 167 Å². The molecule has 0 aromatic heterocycles. The van der Waals surface area contributed by atoms with Crippen molar-refractivity contribution >= 4 is 16.2 Å². The highest BCUT2D eigenvalue weighted by atomic mass is 32.5. The summed E-state index contributed by atoms with van der Waals surface area (Å²) in [5, 5.41) is 0. The Morgan fingerprint density at radius 3 is 1.90 bits per heavy atom. The van der Waals surface area contributed by atoms with Crippen LogP contribution in [-0.4, -0.2) is 5.97 Å². The zero-order valence-corrected chi connectivity index (χ0v) is 17.0. The third kappa shape index (κ3) is 7.68. The first-order chi connectivity index (χ1) is 13.4. The maximum absolute atomic E-state index is 12.7. The van der Waals surface area contributed by atoms with Crippen molar-refractivity contribution in [2.24, 2.45) is 0 Å². The molecule has 0 aliphatic rings. The van der Waals surface area contributed by atoms with Gasteiger partial charge in [-0.3, -0.25) is 0 Å². The van der Waals surface area contributed by atoms with Gasteiger partial charge in [0.15, 0.2) is 0 Å². The molecular weight excluding hydrogens is 411 g/mol. The Balaban J connectivity index is 1.89. The van der Waals surface area contributed by atoms with Crippen LogP contribution in [0.3, 0.4) is 0 Å². The topological polar surface area (TPSA) is 26.3 Å². The molecule has 0 saturated heterocycles. The number of rotatable bonds is 10. The Bertz CT molecular complexity index is 816. The molecule has 2 aromatic rings. The van der Waals surface area contributed by atoms with Gasteiger partial charge in [0, 0.05) is 0 Å². The fraction of sp³-hybridized carbons (Fsp3) is 0.381. The molecule has 0 fully saturated rings. The van der Waals surface area contributed by atoms with Crippen molar-refractivity contribution < 1.29 is 29.0 Å². The van der Waals surface area contributed by atoms with Crippen molar-refractivity contribution in [3.8, 4) is 5.75 Å². The zero-order chi connectivity index (χ0) is 21.6. The van der Waals surface area contributed by atoms with E-state index in [1.54, 1.807) is 24.3 Å². The third-order valence-electron chi connectivity index (χ3n) is 4.49. The van der Waals surface area contributed by atoms with E-state index in [9.17, 15) is 24.2 Å². The lowest BCUT2D eigenvalue weighted by Crippen LogP contribution is -2.09. The molecule has 2 nitrogen and oxygen atoms in total. The predicted octanol–water partition coefficient (Wildman–Crippen LogP) is 8.47. The number of halogens is 5. The van der Waals surface area contributed by atoms with Gasteiger partial charge in [0.2, 0.25) is 0 Å². The summed E-state index contributed by atoms with van der Waals surface area (Å²) in [7, 11) is -9.74. The van der Waals surface area contributed by atoms with E-state index in [0.717, 1.165) is 24.8 Å². The van der Waals surface area contributed by atoms with E-state index in [2.05, 4.69) is 6.92 Å². The van der Waals surface area contributed by atoms with Crippen LogP contribution in [0.2, 0.25) is 0 Å². The molecule has 0 unspecified atom stereocenters. The summed E-state index contributed by atoms with van der Waals surface area (Å²) in [5.41, 5.74) is 1.31. The number of benzene rings is 2. The minimum atomic E-state index is -9.74. The second-order valence-electron chi connectivity index (χ2n) is 7.04. The molecule has 29 heavy (non-hydrogen) atoms. The second-order valence-corrected chi connectivity index (χ2v) is 9.45. The van der Waals surface area contributed by atoms with Gasteiger partial charge < -0.3 is 4.74 Å². The van der Waals surface area contributed by atoms with Gasteiger partial charge in [-0.1, -0.05) is 70.6 Å². The highest BCUT2D eigenvalue weighted by Gasteiger charge is 2.65. The quantitative estimate of drug-likeness (QED) is 0.162. The van der Waals surface area contributed by atoms with Gasteiger partial charge in [-0.2, -0.15) is 0 Å². The molecule has 2 aromatic carbocycles. The molecule has 0 radical (unpaired) electrons. The van der Waals surface area contributed by atoms with Gasteiger partial charge in [0.05, 0.1) is 5.56 Å². The Hall–Kier alpha value is -2.09. The van der Waals surface area contributed by atoms with Crippen molar-refractivity contribution in [1.82, 2.24) is 0 Å². The van der Waals surface area contributed by atoms with Crippen LogP contribution in [0, 0.1) is 0 Å². The van der Waals surface area contributed by atoms with Crippen LogP contribution in [0.25, 0.3) is 0 Å². The van der Waals surface area contributed by atoms with Gasteiger partial charge in [-0.25, -0.2) is 4.79 Å². The Kier molecular flexibility index (Phi) is 6.67. The molecule has 162 valence electrons. The fourth-order valence-corrected chi connectivity index (χ4v) is 3.50. The first-order valence-electron chi connectivity index (χ1n) is 9.54. The molecule has 0 amide bonds. The van der Waals surface area contributed by atoms with Crippen LogP contribution in [0.4, 0.5) is 19.4 Å². The minimum Gasteiger partial charge on any atom is -0.423 e. The number of hydrogen-bond acceptors (Lipinski definition) is 2. The number of carbonyl (C=O) groups excluding carboxylic acids is 1. The molecular formula is C21H25F5O2S. The van der Waals surface area contributed by atoms with E-state index in [0.29, 0.717) is 12.1 Å². The number of unbranched alkanes of at least 4 members (excludes halogenated alkanes) is 5. The molecule has 0 aliphatic carbocycles. The maximum Gasteiger partial charge on any atom is 0.343 e. The standard InChI is InChI=1S/C21H25F5O2S/c1-2-3-4-5-6-7-8-17-9-11-18(12-10-17)21(27)28-19-13-15-20(16-14-19)29(22,23,24,25)26/h9-16H,2-8H2,1H3. The van der Waals surface area contributed by atoms with Crippen LogP contribution in [0.15, 0.2) is 53.4 Å². The molecule has 0 bridgehead atoms.